The summed E-state index contributed by atoms with van der Waals surface area (Å²) >= 11 is 0. The topological polar surface area (TPSA) is 130 Å². The number of carbonyl (C=O) groups excluding carboxylic acids is 1. The Morgan fingerprint density at radius 3 is 2.47 bits per heavy atom. The Kier molecular flexibility index (Phi) is 4.02. The van der Waals surface area contributed by atoms with Crippen molar-refractivity contribution in [3.8, 4) is 0 Å². The van der Waals surface area contributed by atoms with Crippen LogP contribution < -0.4 is 0 Å². The first-order valence-electron chi connectivity index (χ1n) is 10.6. The number of hydrogen-bond donors (Lipinski definition) is 3. The SMILES string of the molecule is C=C1C(=O)[C@]23[C@H](O)[C@H]1CC[C@H]2[C@@]12CO[C@@]3(O)[C@@H](O)[C@@H]1C(C)(C)CC[C@@H]2OS(C)(=O)=O. The van der Waals surface area contributed by atoms with Crippen LogP contribution in [-0.4, -0.2) is 66.5 Å². The number of Topliss-reactive ketones (excluding diaryl/α,β-unsaturated/α-hetero) is 1. The molecule has 4 bridgehead atoms. The fourth-order valence-electron chi connectivity index (χ4n) is 8.22. The van der Waals surface area contributed by atoms with Crippen LogP contribution in [-0.2, 0) is 23.8 Å². The Morgan fingerprint density at radius 2 is 1.83 bits per heavy atom. The van der Waals surface area contributed by atoms with Crippen molar-refractivity contribution in [2.24, 2.45) is 34.0 Å². The van der Waals surface area contributed by atoms with Gasteiger partial charge >= 0.3 is 0 Å². The molecule has 6 aliphatic rings. The van der Waals surface area contributed by atoms with E-state index in [9.17, 15) is 28.5 Å². The molecule has 4 saturated carbocycles. The molecule has 0 aromatic rings. The summed E-state index contributed by atoms with van der Waals surface area (Å²) in [6.45, 7) is 7.79. The number of rotatable bonds is 2. The molecule has 2 aliphatic heterocycles. The van der Waals surface area contributed by atoms with E-state index in [-0.39, 0.29) is 12.2 Å². The van der Waals surface area contributed by atoms with Gasteiger partial charge in [-0.1, -0.05) is 20.4 Å². The Bertz CT molecular complexity index is 943. The minimum absolute atomic E-state index is 0.0433. The van der Waals surface area contributed by atoms with Crippen LogP contribution in [0.5, 0.6) is 0 Å². The van der Waals surface area contributed by atoms with E-state index in [0.29, 0.717) is 25.7 Å². The highest BCUT2D eigenvalue weighted by atomic mass is 32.2. The predicted molar refractivity (Wildman–Crippen MR) is 104 cm³/mol. The maximum atomic E-state index is 13.5. The molecule has 2 heterocycles. The van der Waals surface area contributed by atoms with E-state index in [0.717, 1.165) is 6.26 Å². The summed E-state index contributed by atoms with van der Waals surface area (Å²) < 4.78 is 35.7. The van der Waals surface area contributed by atoms with E-state index in [1.165, 1.54) is 0 Å². The third-order valence-electron chi connectivity index (χ3n) is 9.14. The summed E-state index contributed by atoms with van der Waals surface area (Å²) in [5, 5.41) is 34.5. The third kappa shape index (κ3) is 2.05. The van der Waals surface area contributed by atoms with Crippen LogP contribution in [0.15, 0.2) is 12.2 Å². The molecule has 4 aliphatic carbocycles. The third-order valence-corrected chi connectivity index (χ3v) is 9.72. The Morgan fingerprint density at radius 1 is 1.17 bits per heavy atom. The first kappa shape index (κ1) is 21.0. The number of aliphatic hydroxyl groups is 3. The van der Waals surface area contributed by atoms with Crippen LogP contribution in [0, 0.1) is 34.0 Å². The summed E-state index contributed by atoms with van der Waals surface area (Å²) in [6.07, 6.45) is -0.583. The van der Waals surface area contributed by atoms with Crippen molar-refractivity contribution in [1.29, 1.82) is 0 Å². The summed E-state index contributed by atoms with van der Waals surface area (Å²) in [6, 6.07) is 0. The summed E-state index contributed by atoms with van der Waals surface area (Å²) in [4.78, 5) is 13.5. The molecule has 9 heteroatoms. The molecular weight excluding hydrogens is 412 g/mol. The van der Waals surface area contributed by atoms with Gasteiger partial charge in [-0.25, -0.2) is 0 Å². The van der Waals surface area contributed by atoms with Crippen LogP contribution in [0.2, 0.25) is 0 Å². The van der Waals surface area contributed by atoms with Crippen molar-refractivity contribution in [2.75, 3.05) is 12.9 Å². The van der Waals surface area contributed by atoms with Crippen LogP contribution in [0.1, 0.15) is 39.5 Å². The average molecular weight is 443 g/mol. The molecule has 9 atom stereocenters. The largest absolute Gasteiger partial charge is 0.391 e. The molecular formula is C21H30O8S. The lowest BCUT2D eigenvalue weighted by Crippen LogP contribution is -2.85. The van der Waals surface area contributed by atoms with Gasteiger partial charge in [0.1, 0.15) is 11.5 Å². The van der Waals surface area contributed by atoms with Gasteiger partial charge in [0.25, 0.3) is 10.1 Å². The standard InChI is InChI=1S/C21H30O8S/c1-10-11-5-6-12-19-9-28-21(25,20(12,15(10)22)16(11)23)17(24)14(19)18(2,3)8-7-13(19)29-30(4,26)27/h11-14,16-17,23-25H,1,5-9H2,2-4H3/t11-,12-,13-,14+,16+,17-,19+,20-,21-/m0/s1. The van der Waals surface area contributed by atoms with Crippen LogP contribution in [0.3, 0.4) is 0 Å². The van der Waals surface area contributed by atoms with Crippen molar-refractivity contribution in [3.05, 3.63) is 12.2 Å². The molecule has 6 rings (SSSR count). The zero-order valence-corrected chi connectivity index (χ0v) is 18.3. The molecule has 3 N–H and O–H groups in total. The van der Waals surface area contributed by atoms with Gasteiger partial charge in [0.05, 0.1) is 25.1 Å². The Labute approximate surface area is 176 Å². The normalized spacial score (nSPS) is 54.1. The minimum Gasteiger partial charge on any atom is -0.391 e. The second kappa shape index (κ2) is 5.74. The van der Waals surface area contributed by atoms with Crippen LogP contribution in [0.25, 0.3) is 0 Å². The zero-order chi connectivity index (χ0) is 22.1. The molecule has 2 saturated heterocycles. The lowest BCUT2D eigenvalue weighted by molar-refractivity contribution is -0.457. The van der Waals surface area contributed by atoms with Gasteiger partial charge in [-0.3, -0.25) is 8.98 Å². The van der Waals surface area contributed by atoms with Gasteiger partial charge in [0.2, 0.25) is 5.79 Å². The number of ether oxygens (including phenoxy) is 1. The molecule has 0 amide bonds. The van der Waals surface area contributed by atoms with Gasteiger partial charge in [-0.15, -0.1) is 0 Å². The number of ketones is 1. The molecule has 30 heavy (non-hydrogen) atoms. The number of aliphatic hydroxyl groups excluding tert-OH is 2. The fraction of sp³-hybridized carbons (Fsp3) is 0.857. The fourth-order valence-corrected chi connectivity index (χ4v) is 8.92. The minimum atomic E-state index is -3.83. The molecule has 6 fully saturated rings. The first-order valence-corrected chi connectivity index (χ1v) is 12.4. The lowest BCUT2D eigenvalue weighted by atomic mass is 9.35. The zero-order valence-electron chi connectivity index (χ0n) is 17.5. The monoisotopic (exact) mass is 442 g/mol. The number of fused-ring (bicyclic) bond motifs is 2. The molecule has 2 spiro atoms. The van der Waals surface area contributed by atoms with E-state index in [1.807, 2.05) is 13.8 Å². The van der Waals surface area contributed by atoms with Gasteiger partial charge in [0, 0.05) is 17.3 Å². The van der Waals surface area contributed by atoms with Crippen molar-refractivity contribution >= 4 is 15.9 Å². The maximum absolute atomic E-state index is 13.5. The van der Waals surface area contributed by atoms with Gasteiger partial charge in [-0.05, 0) is 42.6 Å². The first-order chi connectivity index (χ1) is 13.7. The van der Waals surface area contributed by atoms with Gasteiger partial charge < -0.3 is 20.1 Å². The molecule has 0 unspecified atom stereocenters. The molecule has 0 aromatic heterocycles. The Hall–Kier alpha value is -0.840. The predicted octanol–water partition coefficient (Wildman–Crippen LogP) is 0.359. The quantitative estimate of drug-likeness (QED) is 0.413. The second-order valence-corrected chi connectivity index (χ2v) is 12.3. The second-order valence-electron chi connectivity index (χ2n) is 10.7. The smallest absolute Gasteiger partial charge is 0.264 e. The lowest BCUT2D eigenvalue weighted by Gasteiger charge is -2.74. The maximum Gasteiger partial charge on any atom is 0.264 e. The van der Waals surface area contributed by atoms with Gasteiger partial charge in [-0.2, -0.15) is 8.42 Å². The van der Waals surface area contributed by atoms with Crippen molar-refractivity contribution in [2.45, 2.75) is 63.6 Å². The number of hydrogen-bond acceptors (Lipinski definition) is 8. The van der Waals surface area contributed by atoms with E-state index >= 15 is 0 Å². The van der Waals surface area contributed by atoms with E-state index in [4.69, 9.17) is 8.92 Å². The van der Waals surface area contributed by atoms with E-state index in [1.54, 1.807) is 0 Å². The summed E-state index contributed by atoms with van der Waals surface area (Å²) in [5.74, 6) is -4.41. The Balaban J connectivity index is 1.79. The summed E-state index contributed by atoms with van der Waals surface area (Å²) in [7, 11) is -3.83. The number of carbonyl (C=O) groups is 1. The van der Waals surface area contributed by atoms with Crippen molar-refractivity contribution in [1.82, 2.24) is 0 Å². The highest BCUT2D eigenvalue weighted by molar-refractivity contribution is 7.86. The van der Waals surface area contributed by atoms with E-state index < -0.39 is 74.0 Å². The molecule has 8 nitrogen and oxygen atoms in total. The highest BCUT2D eigenvalue weighted by Gasteiger charge is 2.87. The van der Waals surface area contributed by atoms with Crippen LogP contribution >= 0.6 is 0 Å². The van der Waals surface area contributed by atoms with Crippen LogP contribution in [0.4, 0.5) is 0 Å². The highest BCUT2D eigenvalue weighted by Crippen LogP contribution is 2.76. The van der Waals surface area contributed by atoms with E-state index in [2.05, 4.69) is 6.58 Å². The van der Waals surface area contributed by atoms with Crippen molar-refractivity contribution in [3.63, 3.8) is 0 Å². The molecule has 0 radical (unpaired) electrons. The summed E-state index contributed by atoms with van der Waals surface area (Å²) in [5.41, 5.74) is -3.03. The van der Waals surface area contributed by atoms with Crippen molar-refractivity contribution < 1.29 is 37.5 Å². The van der Waals surface area contributed by atoms with Gasteiger partial charge in [0.15, 0.2) is 5.78 Å². The molecule has 168 valence electrons. The average Bonchev–Trinajstić information content (AvgIpc) is 2.74. The molecule has 0 aromatic carbocycles.